The number of hydrogen-bond acceptors (Lipinski definition) is 12. The fourth-order valence-corrected chi connectivity index (χ4v) is 7.46. The molecular formula is C42H33N13O3. The maximum Gasteiger partial charge on any atom is 0.335 e. The molecular weight excluding hydrogens is 735 g/mol. The molecule has 0 unspecified atom stereocenters. The number of nitrogens with two attached hydrogens (primary N) is 3. The van der Waals surface area contributed by atoms with Gasteiger partial charge in [0.25, 0.3) is 0 Å². The highest BCUT2D eigenvalue weighted by Crippen LogP contribution is 2.39. The van der Waals surface area contributed by atoms with Crippen molar-refractivity contribution in [3.05, 3.63) is 142 Å². The number of nitrogens with zero attached hydrogens (tertiary/aromatic N) is 6. The van der Waals surface area contributed by atoms with E-state index in [9.17, 15) is 14.7 Å². The highest BCUT2D eigenvalue weighted by Gasteiger charge is 2.24. The van der Waals surface area contributed by atoms with E-state index >= 15 is 0 Å². The first-order valence-corrected chi connectivity index (χ1v) is 18.0. The number of carboxylic acids is 1. The molecule has 0 fully saturated rings. The first-order chi connectivity index (χ1) is 28.2. The van der Waals surface area contributed by atoms with Gasteiger partial charge in [0.1, 0.15) is 11.6 Å². The van der Waals surface area contributed by atoms with Gasteiger partial charge in [0.05, 0.1) is 29.0 Å². The van der Waals surface area contributed by atoms with Gasteiger partial charge in [0.15, 0.2) is 0 Å². The van der Waals surface area contributed by atoms with Crippen LogP contribution in [0.2, 0.25) is 0 Å². The highest BCUT2D eigenvalue weighted by atomic mass is 16.4. The van der Waals surface area contributed by atoms with Crippen molar-refractivity contribution in [2.24, 2.45) is 5.73 Å². The summed E-state index contributed by atoms with van der Waals surface area (Å²) < 4.78 is 0. The first kappa shape index (κ1) is 35.3. The molecule has 0 spiro atoms. The van der Waals surface area contributed by atoms with Gasteiger partial charge < -0.3 is 32.9 Å². The molecule has 0 saturated carbocycles. The van der Waals surface area contributed by atoms with Crippen LogP contribution in [0.3, 0.4) is 0 Å². The van der Waals surface area contributed by atoms with Gasteiger partial charge in [-0.3, -0.25) is 15.0 Å². The zero-order valence-electron chi connectivity index (χ0n) is 30.5. The third-order valence-electron chi connectivity index (χ3n) is 10.00. The summed E-state index contributed by atoms with van der Waals surface area (Å²) >= 11 is 0. The number of carbonyl (C=O) groups is 2. The lowest BCUT2D eigenvalue weighted by Crippen LogP contribution is -2.13. The van der Waals surface area contributed by atoms with Gasteiger partial charge in [-0.2, -0.15) is 20.2 Å². The van der Waals surface area contributed by atoms with Crippen molar-refractivity contribution < 1.29 is 14.7 Å². The van der Waals surface area contributed by atoms with Crippen LogP contribution in [0.15, 0.2) is 97.6 Å². The predicted octanol–water partition coefficient (Wildman–Crippen LogP) is 6.35. The number of amides is 1. The zero-order valence-corrected chi connectivity index (χ0v) is 30.5. The Morgan fingerprint density at radius 1 is 0.655 bits per heavy atom. The number of hydrogen-bond donors (Lipinski definition) is 8. The summed E-state index contributed by atoms with van der Waals surface area (Å²) in [7, 11) is 0. The topological polar surface area (TPSA) is 265 Å². The Balaban J connectivity index is 0.000000150. The van der Waals surface area contributed by atoms with E-state index in [0.717, 1.165) is 77.7 Å². The zero-order chi connectivity index (χ0) is 39.9. The number of aromatic nitrogens is 8. The van der Waals surface area contributed by atoms with Crippen molar-refractivity contribution in [2.45, 2.75) is 12.8 Å². The summed E-state index contributed by atoms with van der Waals surface area (Å²) in [6.45, 7) is 0. The number of primary amides is 1. The number of rotatable bonds is 8. The Bertz CT molecular complexity index is 2820. The molecule has 2 aliphatic rings. The van der Waals surface area contributed by atoms with Crippen molar-refractivity contribution in [1.82, 2.24) is 40.3 Å². The number of allylic oxidation sites excluding steroid dienone is 2. The summed E-state index contributed by atoms with van der Waals surface area (Å²) in [4.78, 5) is 39.6. The number of anilines is 6. The van der Waals surface area contributed by atoms with E-state index in [0.29, 0.717) is 35.6 Å². The molecule has 16 nitrogen and oxygen atoms in total. The fraction of sp³-hybridized carbons (Fsp3) is 0.0476. The summed E-state index contributed by atoms with van der Waals surface area (Å²) in [6.07, 6.45) is 12.0. The molecule has 2 aliphatic carbocycles. The van der Waals surface area contributed by atoms with Gasteiger partial charge in [0.2, 0.25) is 17.8 Å². The second-order valence-corrected chi connectivity index (χ2v) is 13.7. The molecule has 58 heavy (non-hydrogen) atoms. The number of nitrogen functional groups attached to an aromatic ring is 2. The molecule has 10 rings (SSSR count). The second-order valence-electron chi connectivity index (χ2n) is 13.7. The molecule has 0 radical (unpaired) electrons. The van der Waals surface area contributed by atoms with E-state index < -0.39 is 11.9 Å². The summed E-state index contributed by atoms with van der Waals surface area (Å²) in [5.41, 5.74) is 29.0. The molecule has 0 saturated heterocycles. The highest BCUT2D eigenvalue weighted by molar-refractivity contribution is 6.05. The van der Waals surface area contributed by atoms with Gasteiger partial charge in [-0.25, -0.2) is 14.8 Å². The van der Waals surface area contributed by atoms with E-state index in [1.165, 1.54) is 0 Å². The number of H-pyrrole nitrogens is 2. The molecule has 8 aromatic rings. The number of aromatic carboxylic acids is 1. The van der Waals surface area contributed by atoms with Crippen LogP contribution in [0.5, 0.6) is 0 Å². The summed E-state index contributed by atoms with van der Waals surface area (Å²) in [6, 6.07) is 22.4. The van der Waals surface area contributed by atoms with Crippen molar-refractivity contribution >= 4 is 91.9 Å². The molecule has 16 heteroatoms. The number of carbonyl (C=O) groups excluding carboxylic acids is 1. The van der Waals surface area contributed by atoms with Crippen molar-refractivity contribution in [2.75, 3.05) is 22.1 Å². The van der Waals surface area contributed by atoms with Crippen LogP contribution in [-0.4, -0.2) is 57.3 Å². The fourth-order valence-electron chi connectivity index (χ4n) is 7.46. The Morgan fingerprint density at radius 2 is 1.14 bits per heavy atom. The normalized spacial score (nSPS) is 12.6. The minimum absolute atomic E-state index is 0.190. The lowest BCUT2D eigenvalue weighted by atomic mass is 9.98. The van der Waals surface area contributed by atoms with E-state index in [4.69, 9.17) is 17.2 Å². The largest absolute Gasteiger partial charge is 0.478 e. The molecule has 4 aromatic heterocycles. The standard InChI is InChI=1S/C21H17N7O.C21H16N6O2/c22-20(29)15-3-1-2-11-6-12(8-16(11)15)17-9-14(7-13-10-25-28-19(13)17)26-18-4-5-24-21(23)27-18;22-21-23-5-4-18(26-21)25-14-7-13-10-24-27-19(13)17(9-14)12-6-11-2-1-3-15(20(28)29)16(11)8-12/h1-7,9-10H,8H2,(H2,22,29)(H,25,28)(H3,23,24,26,27);1-7,9-10H,8H2,(H,24,27)(H,28,29)(H3,22,23,25,26). The maximum absolute atomic E-state index is 11.8. The van der Waals surface area contributed by atoms with Crippen molar-refractivity contribution in [1.29, 1.82) is 0 Å². The molecule has 11 N–H and O–H groups in total. The summed E-state index contributed by atoms with van der Waals surface area (Å²) in [5.74, 6) is 0.247. The van der Waals surface area contributed by atoms with Crippen LogP contribution in [0.1, 0.15) is 54.1 Å². The maximum atomic E-state index is 11.8. The van der Waals surface area contributed by atoms with Crippen molar-refractivity contribution in [3.63, 3.8) is 0 Å². The smallest absolute Gasteiger partial charge is 0.335 e. The van der Waals surface area contributed by atoms with E-state index in [1.807, 2.05) is 48.5 Å². The van der Waals surface area contributed by atoms with E-state index in [2.05, 4.69) is 57.0 Å². The Morgan fingerprint density at radius 3 is 1.60 bits per heavy atom. The number of benzene rings is 4. The van der Waals surface area contributed by atoms with Crippen molar-refractivity contribution in [3.8, 4) is 0 Å². The average molecular weight is 768 g/mol. The van der Waals surface area contributed by atoms with Crippen LogP contribution >= 0.6 is 0 Å². The molecule has 1 amide bonds. The minimum atomic E-state index is -0.917. The number of carboxylic acid groups (broad SMARTS) is 1. The second kappa shape index (κ2) is 14.3. The lowest BCUT2D eigenvalue weighted by molar-refractivity contribution is 0.0695. The molecule has 4 heterocycles. The Labute approximate surface area is 329 Å². The third-order valence-corrected chi connectivity index (χ3v) is 10.00. The third kappa shape index (κ3) is 6.77. The predicted molar refractivity (Wildman–Crippen MR) is 223 cm³/mol. The van der Waals surface area contributed by atoms with Crippen LogP contribution in [-0.2, 0) is 12.8 Å². The lowest BCUT2D eigenvalue weighted by Gasteiger charge is -2.11. The minimum Gasteiger partial charge on any atom is -0.478 e. The van der Waals surface area contributed by atoms with E-state index in [1.54, 1.807) is 55.1 Å². The molecule has 0 bridgehead atoms. The molecule has 284 valence electrons. The average Bonchev–Trinajstić information content (AvgIpc) is 4.03. The SMILES string of the molecule is NC(=O)c1cccc2c1CC(c1cc(Nc3ccnc(N)n3)cc3cn[nH]c13)=C2.Nc1nccc(Nc2cc(C3=Cc4cccc(C(=O)O)c4C3)c3[nH]ncc3c2)n1. The Hall–Kier alpha value is -8.40. The number of nitrogens with one attached hydrogen (secondary N) is 4. The Kier molecular flexibility index (Phi) is 8.74. The van der Waals surface area contributed by atoms with E-state index in [-0.39, 0.29) is 11.9 Å². The van der Waals surface area contributed by atoms with Crippen LogP contribution < -0.4 is 27.8 Å². The van der Waals surface area contributed by atoms with Crippen LogP contribution in [0.25, 0.3) is 45.1 Å². The van der Waals surface area contributed by atoms with Gasteiger partial charge >= 0.3 is 5.97 Å². The van der Waals surface area contributed by atoms with Gasteiger partial charge in [-0.1, -0.05) is 36.4 Å². The van der Waals surface area contributed by atoms with Crippen LogP contribution in [0.4, 0.5) is 34.9 Å². The van der Waals surface area contributed by atoms with Crippen LogP contribution in [0, 0.1) is 0 Å². The number of aromatic amines is 2. The van der Waals surface area contributed by atoms with Gasteiger partial charge in [0, 0.05) is 51.2 Å². The molecule has 0 atom stereocenters. The summed E-state index contributed by atoms with van der Waals surface area (Å²) in [5, 5.41) is 32.4. The first-order valence-electron chi connectivity index (χ1n) is 18.0. The monoisotopic (exact) mass is 767 g/mol. The molecule has 0 aliphatic heterocycles. The number of fused-ring (bicyclic) bond motifs is 4. The van der Waals surface area contributed by atoms with Gasteiger partial charge in [-0.05, 0) is 94.8 Å². The quantitative estimate of drug-likeness (QED) is 0.0839. The van der Waals surface area contributed by atoms with Gasteiger partial charge in [-0.15, -0.1) is 0 Å². The molecule has 4 aromatic carbocycles.